The van der Waals surface area contributed by atoms with Crippen LogP contribution < -0.4 is 9.47 Å². The van der Waals surface area contributed by atoms with Crippen molar-refractivity contribution in [2.45, 2.75) is 69.7 Å². The van der Waals surface area contributed by atoms with Gasteiger partial charge in [0, 0.05) is 50.2 Å². The predicted octanol–water partition coefficient (Wildman–Crippen LogP) is 4.28. The largest absolute Gasteiger partial charge is 0.371 e. The van der Waals surface area contributed by atoms with E-state index in [1.165, 1.54) is 83.0 Å². The Labute approximate surface area is 140 Å². The third-order valence-electron chi connectivity index (χ3n) is 7.34. The molecule has 6 rings (SSSR count). The standard InChI is InChI=1S/C21H31N2/c1-2-4-8-22(7-3-1)20-5-9-23(10-6-20)21-14-17-11-18(15-21)13-19(12-17)16-21/h5-6,9-10,17-19H,1-4,7-8,11-16H2/q+1. The van der Waals surface area contributed by atoms with Gasteiger partial charge in [0.1, 0.15) is 0 Å². The summed E-state index contributed by atoms with van der Waals surface area (Å²) >= 11 is 0. The molecule has 4 aliphatic carbocycles. The van der Waals surface area contributed by atoms with Gasteiger partial charge in [0.2, 0.25) is 0 Å². The van der Waals surface area contributed by atoms with E-state index in [-0.39, 0.29) is 0 Å². The van der Waals surface area contributed by atoms with Crippen LogP contribution in [-0.4, -0.2) is 13.1 Å². The monoisotopic (exact) mass is 311 g/mol. The molecule has 4 saturated carbocycles. The highest BCUT2D eigenvalue weighted by molar-refractivity contribution is 5.43. The molecule has 5 fully saturated rings. The maximum Gasteiger partial charge on any atom is 0.171 e. The van der Waals surface area contributed by atoms with E-state index in [0.717, 1.165) is 17.8 Å². The van der Waals surface area contributed by atoms with Crippen molar-refractivity contribution in [1.29, 1.82) is 0 Å². The average molecular weight is 311 g/mol. The Bertz CT molecular complexity index is 518. The molecule has 0 aromatic carbocycles. The van der Waals surface area contributed by atoms with Crippen LogP contribution >= 0.6 is 0 Å². The molecule has 5 aliphatic rings. The second kappa shape index (κ2) is 5.50. The van der Waals surface area contributed by atoms with E-state index in [0.29, 0.717) is 5.54 Å². The first-order chi connectivity index (χ1) is 11.3. The summed E-state index contributed by atoms with van der Waals surface area (Å²) in [5.41, 5.74) is 1.93. The van der Waals surface area contributed by atoms with Crippen molar-refractivity contribution < 1.29 is 4.57 Å². The molecule has 23 heavy (non-hydrogen) atoms. The summed E-state index contributed by atoms with van der Waals surface area (Å²) in [6.45, 7) is 2.50. The van der Waals surface area contributed by atoms with Crippen molar-refractivity contribution in [3.8, 4) is 0 Å². The number of hydrogen-bond acceptors (Lipinski definition) is 1. The molecular weight excluding hydrogens is 280 g/mol. The van der Waals surface area contributed by atoms with Gasteiger partial charge in [-0.3, -0.25) is 0 Å². The second-order valence-electron chi connectivity index (χ2n) is 9.01. The van der Waals surface area contributed by atoms with E-state index in [9.17, 15) is 0 Å². The zero-order valence-electron chi connectivity index (χ0n) is 14.4. The van der Waals surface area contributed by atoms with Crippen molar-refractivity contribution in [1.82, 2.24) is 0 Å². The van der Waals surface area contributed by atoms with Crippen molar-refractivity contribution in [2.24, 2.45) is 17.8 Å². The maximum atomic E-state index is 2.62. The SMILES string of the molecule is c1c[n+](C23CC4CC(CC(C4)C2)C3)ccc1N1CCCCCC1. The van der Waals surface area contributed by atoms with Gasteiger partial charge in [-0.15, -0.1) is 0 Å². The summed E-state index contributed by atoms with van der Waals surface area (Å²) in [4.78, 5) is 2.61. The molecule has 1 saturated heterocycles. The molecule has 4 bridgehead atoms. The Morgan fingerprint density at radius 2 is 1.30 bits per heavy atom. The summed E-state index contributed by atoms with van der Waals surface area (Å²) in [5.74, 6) is 3.08. The van der Waals surface area contributed by atoms with Gasteiger partial charge in [-0.2, -0.15) is 4.57 Å². The number of anilines is 1. The van der Waals surface area contributed by atoms with Crippen molar-refractivity contribution in [3.05, 3.63) is 24.5 Å². The van der Waals surface area contributed by atoms with E-state index in [1.54, 1.807) is 0 Å². The molecule has 0 unspecified atom stereocenters. The smallest absolute Gasteiger partial charge is 0.171 e. The van der Waals surface area contributed by atoms with Crippen molar-refractivity contribution in [2.75, 3.05) is 18.0 Å². The van der Waals surface area contributed by atoms with E-state index in [2.05, 4.69) is 34.0 Å². The number of nitrogens with zero attached hydrogens (tertiary/aromatic N) is 2. The minimum Gasteiger partial charge on any atom is -0.371 e. The maximum absolute atomic E-state index is 2.62. The summed E-state index contributed by atoms with van der Waals surface area (Å²) in [6.07, 6.45) is 19.4. The summed E-state index contributed by atoms with van der Waals surface area (Å²) in [5, 5.41) is 0. The summed E-state index contributed by atoms with van der Waals surface area (Å²) < 4.78 is 2.62. The minimum atomic E-state index is 0.478. The first-order valence-corrected chi connectivity index (χ1v) is 10.1. The molecular formula is C21H31N2+. The molecule has 0 radical (unpaired) electrons. The zero-order valence-corrected chi connectivity index (χ0v) is 14.4. The Morgan fingerprint density at radius 1 is 0.783 bits per heavy atom. The fourth-order valence-corrected chi connectivity index (χ4v) is 6.66. The summed E-state index contributed by atoms with van der Waals surface area (Å²) in [6, 6.07) is 4.81. The van der Waals surface area contributed by atoms with Crippen LogP contribution in [-0.2, 0) is 5.54 Å². The van der Waals surface area contributed by atoms with E-state index in [1.807, 2.05) is 0 Å². The first-order valence-electron chi connectivity index (χ1n) is 10.1. The van der Waals surface area contributed by atoms with Crippen LogP contribution in [0.15, 0.2) is 24.5 Å². The zero-order chi connectivity index (χ0) is 15.3. The number of rotatable bonds is 2. The normalized spacial score (nSPS) is 39.5. The number of hydrogen-bond donors (Lipinski definition) is 0. The Kier molecular flexibility index (Phi) is 3.42. The van der Waals surface area contributed by atoms with Crippen LogP contribution in [0.25, 0.3) is 0 Å². The lowest BCUT2D eigenvalue weighted by Gasteiger charge is -2.53. The molecule has 2 heterocycles. The molecule has 0 amide bonds. The molecule has 0 spiro atoms. The van der Waals surface area contributed by atoms with Gasteiger partial charge in [0.05, 0.1) is 0 Å². The summed E-state index contributed by atoms with van der Waals surface area (Å²) in [7, 11) is 0. The molecule has 0 N–H and O–H groups in total. The molecule has 2 heteroatoms. The quantitative estimate of drug-likeness (QED) is 0.739. The number of pyridine rings is 1. The number of aromatic nitrogens is 1. The van der Waals surface area contributed by atoms with Gasteiger partial charge in [0.25, 0.3) is 0 Å². The predicted molar refractivity (Wildman–Crippen MR) is 93.5 cm³/mol. The fraction of sp³-hybridized carbons (Fsp3) is 0.762. The van der Waals surface area contributed by atoms with Crippen LogP contribution in [0.1, 0.15) is 64.2 Å². The second-order valence-corrected chi connectivity index (χ2v) is 9.01. The van der Waals surface area contributed by atoms with E-state index >= 15 is 0 Å². The molecule has 124 valence electrons. The minimum absolute atomic E-state index is 0.478. The highest BCUT2D eigenvalue weighted by Crippen LogP contribution is 2.56. The topological polar surface area (TPSA) is 7.12 Å². The van der Waals surface area contributed by atoms with Crippen LogP contribution in [0.4, 0.5) is 5.69 Å². The van der Waals surface area contributed by atoms with Gasteiger partial charge in [0.15, 0.2) is 17.9 Å². The lowest BCUT2D eigenvalue weighted by molar-refractivity contribution is -0.776. The third kappa shape index (κ3) is 2.49. The molecule has 1 aliphatic heterocycles. The van der Waals surface area contributed by atoms with Gasteiger partial charge in [-0.1, -0.05) is 12.8 Å². The van der Waals surface area contributed by atoms with Crippen LogP contribution in [0.5, 0.6) is 0 Å². The van der Waals surface area contributed by atoms with Gasteiger partial charge >= 0.3 is 0 Å². The van der Waals surface area contributed by atoms with E-state index in [4.69, 9.17) is 0 Å². The van der Waals surface area contributed by atoms with Gasteiger partial charge in [-0.05, 0) is 49.9 Å². The van der Waals surface area contributed by atoms with Crippen LogP contribution in [0.3, 0.4) is 0 Å². The molecule has 1 aromatic rings. The lowest BCUT2D eigenvalue weighted by Crippen LogP contribution is -2.64. The van der Waals surface area contributed by atoms with Crippen molar-refractivity contribution >= 4 is 5.69 Å². The lowest BCUT2D eigenvalue weighted by atomic mass is 9.53. The Morgan fingerprint density at radius 3 is 1.83 bits per heavy atom. The highest BCUT2D eigenvalue weighted by atomic mass is 15.1. The van der Waals surface area contributed by atoms with E-state index < -0.39 is 0 Å². The third-order valence-corrected chi connectivity index (χ3v) is 7.34. The Balaban J connectivity index is 1.39. The average Bonchev–Trinajstić information content (AvgIpc) is 2.83. The first kappa shape index (κ1) is 14.3. The van der Waals surface area contributed by atoms with Crippen molar-refractivity contribution in [3.63, 3.8) is 0 Å². The van der Waals surface area contributed by atoms with Gasteiger partial charge in [-0.25, -0.2) is 0 Å². The van der Waals surface area contributed by atoms with Gasteiger partial charge < -0.3 is 4.90 Å². The fourth-order valence-electron chi connectivity index (χ4n) is 6.66. The van der Waals surface area contributed by atoms with Crippen LogP contribution in [0, 0.1) is 17.8 Å². The molecule has 0 atom stereocenters. The Hall–Kier alpha value is -1.05. The van der Waals surface area contributed by atoms with Crippen LogP contribution in [0.2, 0.25) is 0 Å². The molecule has 2 nitrogen and oxygen atoms in total. The molecule has 1 aromatic heterocycles. The highest BCUT2D eigenvalue weighted by Gasteiger charge is 2.56.